The number of carbonyl (C=O) groups excluding carboxylic acids is 3. The molecular weight excluding hydrogens is 369 g/mol. The Bertz CT molecular complexity index is 723. The van der Waals surface area contributed by atoms with Crippen molar-refractivity contribution in [2.75, 3.05) is 18.1 Å². The summed E-state index contributed by atoms with van der Waals surface area (Å²) in [5, 5.41) is 1.83. The first-order valence-corrected chi connectivity index (χ1v) is 8.16. The summed E-state index contributed by atoms with van der Waals surface area (Å²) in [7, 11) is 0. The molecule has 0 aliphatic carbocycles. The number of alkyl halides is 3. The molecule has 0 spiro atoms. The number of benzene rings is 1. The monoisotopic (exact) mass is 388 g/mol. The van der Waals surface area contributed by atoms with Crippen LogP contribution in [-0.4, -0.2) is 49.4 Å². The minimum atomic E-state index is -4.67. The van der Waals surface area contributed by atoms with Gasteiger partial charge >= 0.3 is 18.2 Å². The number of anilines is 1. The maximum absolute atomic E-state index is 12.6. The highest BCUT2D eigenvalue weighted by atomic mass is 19.4. The average Bonchev–Trinajstić information content (AvgIpc) is 2.92. The Morgan fingerprint density at radius 3 is 2.63 bits per heavy atom. The van der Waals surface area contributed by atoms with E-state index >= 15 is 0 Å². The van der Waals surface area contributed by atoms with Crippen LogP contribution in [-0.2, 0) is 25.5 Å². The van der Waals surface area contributed by atoms with Gasteiger partial charge in [0, 0.05) is 11.7 Å². The van der Waals surface area contributed by atoms with Crippen molar-refractivity contribution in [1.82, 2.24) is 5.32 Å². The van der Waals surface area contributed by atoms with Crippen molar-refractivity contribution in [2.24, 2.45) is 0 Å². The van der Waals surface area contributed by atoms with E-state index in [0.717, 1.165) is 11.3 Å². The van der Waals surface area contributed by atoms with Crippen molar-refractivity contribution in [1.29, 1.82) is 0 Å². The summed E-state index contributed by atoms with van der Waals surface area (Å²) in [5.41, 5.74) is 1.75. The molecule has 0 saturated carbocycles. The number of para-hydroxylation sites is 1. The zero-order valence-corrected chi connectivity index (χ0v) is 14.7. The molecule has 1 aliphatic heterocycles. The summed E-state index contributed by atoms with van der Waals surface area (Å²) in [6.07, 6.45) is -6.53. The molecule has 10 heteroatoms. The highest BCUT2D eigenvalue weighted by Crippen LogP contribution is 2.32. The van der Waals surface area contributed by atoms with Crippen LogP contribution in [0.15, 0.2) is 24.3 Å². The maximum Gasteiger partial charge on any atom is 0.422 e. The van der Waals surface area contributed by atoms with Crippen LogP contribution in [0.3, 0.4) is 0 Å². The Hall–Kier alpha value is -2.78. The number of alkyl carbamates (subject to hydrolysis) is 1. The molecule has 0 unspecified atom stereocenters. The van der Waals surface area contributed by atoms with Crippen LogP contribution in [0, 0.1) is 0 Å². The summed E-state index contributed by atoms with van der Waals surface area (Å²) >= 11 is 0. The Balaban J connectivity index is 1.84. The lowest BCUT2D eigenvalue weighted by Crippen LogP contribution is -2.44. The zero-order valence-electron chi connectivity index (χ0n) is 14.7. The Labute approximate surface area is 153 Å². The first-order chi connectivity index (χ1) is 12.6. The lowest BCUT2D eigenvalue weighted by Gasteiger charge is -2.25. The standard InChI is InChI=1S/C17H19F3N2O5/c1-10-7-12-5-3-4-6-13(12)22(10)15(24)11(2)27-14(23)8-21-16(25)26-9-17(18,19)20/h3-6,10-11H,7-9H2,1-2H3,(H,21,25)/t10-,11-/m1/s1. The number of carbonyl (C=O) groups is 3. The van der Waals surface area contributed by atoms with E-state index in [4.69, 9.17) is 4.74 Å². The second kappa shape index (κ2) is 8.28. The van der Waals surface area contributed by atoms with E-state index in [1.54, 1.807) is 12.1 Å². The minimum absolute atomic E-state index is 0.105. The third kappa shape index (κ3) is 5.60. The molecule has 2 rings (SSSR count). The van der Waals surface area contributed by atoms with Crippen LogP contribution in [0.2, 0.25) is 0 Å². The molecular formula is C17H19F3N2O5. The Morgan fingerprint density at radius 1 is 1.30 bits per heavy atom. The predicted octanol–water partition coefficient (Wildman–Crippen LogP) is 2.18. The van der Waals surface area contributed by atoms with Gasteiger partial charge in [0.15, 0.2) is 12.7 Å². The number of amides is 2. The Morgan fingerprint density at radius 2 is 1.96 bits per heavy atom. The molecule has 0 bridgehead atoms. The second-order valence-electron chi connectivity index (χ2n) is 6.07. The molecule has 1 aliphatic rings. The van der Waals surface area contributed by atoms with E-state index in [2.05, 4.69) is 4.74 Å². The molecule has 0 radical (unpaired) electrons. The van der Waals surface area contributed by atoms with E-state index in [0.29, 0.717) is 6.42 Å². The first-order valence-electron chi connectivity index (χ1n) is 8.16. The molecule has 27 heavy (non-hydrogen) atoms. The summed E-state index contributed by atoms with van der Waals surface area (Å²) in [6, 6.07) is 7.26. The first kappa shape index (κ1) is 20.5. The van der Waals surface area contributed by atoms with Gasteiger partial charge in [-0.3, -0.25) is 9.59 Å². The second-order valence-corrected chi connectivity index (χ2v) is 6.07. The number of nitrogens with zero attached hydrogens (tertiary/aromatic N) is 1. The lowest BCUT2D eigenvalue weighted by atomic mass is 10.1. The van der Waals surface area contributed by atoms with Crippen LogP contribution >= 0.6 is 0 Å². The maximum atomic E-state index is 12.6. The highest BCUT2D eigenvalue weighted by molar-refractivity contribution is 5.99. The number of esters is 1. The molecule has 148 valence electrons. The smallest absolute Gasteiger partial charge is 0.422 e. The van der Waals surface area contributed by atoms with Gasteiger partial charge in [0.2, 0.25) is 0 Å². The average molecular weight is 388 g/mol. The minimum Gasteiger partial charge on any atom is -0.451 e. The normalized spacial score (nSPS) is 17.1. The highest BCUT2D eigenvalue weighted by Gasteiger charge is 2.34. The zero-order chi connectivity index (χ0) is 20.2. The summed E-state index contributed by atoms with van der Waals surface area (Å²) in [4.78, 5) is 37.0. The van der Waals surface area contributed by atoms with E-state index < -0.39 is 43.4 Å². The predicted molar refractivity (Wildman–Crippen MR) is 88.1 cm³/mol. The van der Waals surface area contributed by atoms with Crippen LogP contribution in [0.1, 0.15) is 19.4 Å². The van der Waals surface area contributed by atoms with Crippen LogP contribution in [0.4, 0.5) is 23.7 Å². The van der Waals surface area contributed by atoms with Gasteiger partial charge < -0.3 is 19.7 Å². The topological polar surface area (TPSA) is 84.9 Å². The van der Waals surface area contributed by atoms with Crippen LogP contribution in [0.5, 0.6) is 0 Å². The van der Waals surface area contributed by atoms with Crippen molar-refractivity contribution in [2.45, 2.75) is 38.6 Å². The summed E-state index contributed by atoms with van der Waals surface area (Å²) in [5.74, 6) is -1.40. The molecule has 0 saturated heterocycles. The third-order valence-corrected chi connectivity index (χ3v) is 3.84. The number of halogens is 3. The van der Waals surface area contributed by atoms with Gasteiger partial charge in [-0.1, -0.05) is 18.2 Å². The van der Waals surface area contributed by atoms with Gasteiger partial charge in [-0.2, -0.15) is 13.2 Å². The third-order valence-electron chi connectivity index (χ3n) is 3.84. The van der Waals surface area contributed by atoms with Gasteiger partial charge in [-0.05, 0) is 31.9 Å². The van der Waals surface area contributed by atoms with Crippen LogP contribution in [0.25, 0.3) is 0 Å². The van der Waals surface area contributed by atoms with Crippen molar-refractivity contribution in [3.63, 3.8) is 0 Å². The molecule has 2 atom stereocenters. The van der Waals surface area contributed by atoms with Gasteiger partial charge in [0.1, 0.15) is 6.54 Å². The van der Waals surface area contributed by atoms with E-state index in [-0.39, 0.29) is 6.04 Å². The number of hydrogen-bond acceptors (Lipinski definition) is 5. The Kier molecular flexibility index (Phi) is 6.29. The number of ether oxygens (including phenoxy) is 2. The fourth-order valence-electron chi connectivity index (χ4n) is 2.73. The molecule has 1 heterocycles. The molecule has 2 amide bonds. The SMILES string of the molecule is C[C@@H]1Cc2ccccc2N1C(=O)[C@@H](C)OC(=O)CNC(=O)OCC(F)(F)F. The van der Waals surface area contributed by atoms with Gasteiger partial charge in [0.25, 0.3) is 5.91 Å². The lowest BCUT2D eigenvalue weighted by molar-refractivity contribution is -0.160. The summed E-state index contributed by atoms with van der Waals surface area (Å²) < 4.78 is 44.6. The van der Waals surface area contributed by atoms with Gasteiger partial charge in [-0.25, -0.2) is 4.79 Å². The van der Waals surface area contributed by atoms with Crippen molar-refractivity contribution >= 4 is 23.7 Å². The molecule has 7 nitrogen and oxygen atoms in total. The molecule has 0 aromatic heterocycles. The quantitative estimate of drug-likeness (QED) is 0.782. The number of nitrogens with one attached hydrogen (secondary N) is 1. The molecule has 0 fully saturated rings. The summed E-state index contributed by atoms with van der Waals surface area (Å²) in [6.45, 7) is 0.760. The number of hydrogen-bond donors (Lipinski definition) is 1. The van der Waals surface area contributed by atoms with Gasteiger partial charge in [-0.15, -0.1) is 0 Å². The largest absolute Gasteiger partial charge is 0.451 e. The fraction of sp³-hybridized carbons (Fsp3) is 0.471. The van der Waals surface area contributed by atoms with Crippen molar-refractivity contribution < 1.29 is 37.0 Å². The molecule has 1 N–H and O–H groups in total. The van der Waals surface area contributed by atoms with Crippen LogP contribution < -0.4 is 10.2 Å². The van der Waals surface area contributed by atoms with Crippen molar-refractivity contribution in [3.8, 4) is 0 Å². The number of fused-ring (bicyclic) bond motifs is 1. The fourth-order valence-corrected chi connectivity index (χ4v) is 2.73. The molecule has 1 aromatic rings. The van der Waals surface area contributed by atoms with Crippen molar-refractivity contribution in [3.05, 3.63) is 29.8 Å². The van der Waals surface area contributed by atoms with E-state index in [1.807, 2.05) is 24.4 Å². The van der Waals surface area contributed by atoms with E-state index in [9.17, 15) is 27.6 Å². The molecule has 1 aromatic carbocycles. The van der Waals surface area contributed by atoms with E-state index in [1.165, 1.54) is 11.8 Å². The number of rotatable bonds is 5. The van der Waals surface area contributed by atoms with Gasteiger partial charge in [0.05, 0.1) is 0 Å².